The van der Waals surface area contributed by atoms with E-state index in [-0.39, 0.29) is 19.5 Å². The van der Waals surface area contributed by atoms with Crippen molar-refractivity contribution in [3.05, 3.63) is 0 Å². The van der Waals surface area contributed by atoms with Crippen LogP contribution in [0.1, 0.15) is 47.5 Å². The van der Waals surface area contributed by atoms with Crippen LogP contribution in [0.15, 0.2) is 0 Å². The zero-order valence-corrected chi connectivity index (χ0v) is 32.4. The molecule has 0 aliphatic rings. The molecule has 0 radical (unpaired) electrons. The first-order valence-corrected chi connectivity index (χ1v) is 18.3. The van der Waals surface area contributed by atoms with Crippen molar-refractivity contribution in [1.29, 1.82) is 0 Å². The maximum Gasteiger partial charge on any atom is 2.00 e. The summed E-state index contributed by atoms with van der Waals surface area (Å²) in [4.78, 5) is 3.78. The molecule has 0 saturated heterocycles. The zero-order valence-electron chi connectivity index (χ0n) is 24.2. The molecule has 0 spiro atoms. The molecular weight excluding hydrogens is 638 g/mol. The molecule has 15 heteroatoms. The van der Waals surface area contributed by atoms with Crippen LogP contribution < -0.4 is 0 Å². The fraction of sp³-hybridized carbons (Fsp3) is 0.909. The average molecular weight is 686 g/mol. The van der Waals surface area contributed by atoms with Crippen molar-refractivity contribution >= 4 is 75.7 Å². The van der Waals surface area contributed by atoms with Gasteiger partial charge in [-0.05, 0) is 53.5 Å². The predicted octanol–water partition coefficient (Wildman–Crippen LogP) is 4.03. The maximum absolute atomic E-state index is 5.87. The van der Waals surface area contributed by atoms with Crippen LogP contribution in [-0.2, 0) is 71.6 Å². The third-order valence-electron chi connectivity index (χ3n) is 4.92. The summed E-state index contributed by atoms with van der Waals surface area (Å²) in [6.07, 6.45) is 2.42. The molecule has 0 aromatic rings. The molecule has 0 aromatic heterocycles. The van der Waals surface area contributed by atoms with E-state index in [9.17, 15) is 0 Å². The first-order chi connectivity index (χ1) is 17.0. The second-order valence-electron chi connectivity index (χ2n) is 7.77. The van der Waals surface area contributed by atoms with Crippen molar-refractivity contribution in [3.63, 3.8) is 0 Å². The summed E-state index contributed by atoms with van der Waals surface area (Å²) in [5.41, 5.74) is 0. The van der Waals surface area contributed by atoms with E-state index in [1.54, 1.807) is 7.11 Å². The van der Waals surface area contributed by atoms with Crippen LogP contribution in [-0.4, -0.2) is 109 Å². The Morgan fingerprint density at radius 2 is 1.03 bits per heavy atom. The van der Waals surface area contributed by atoms with Gasteiger partial charge in [0.2, 0.25) is 0 Å². The van der Waals surface area contributed by atoms with Crippen molar-refractivity contribution in [2.45, 2.75) is 59.5 Å². The summed E-state index contributed by atoms with van der Waals surface area (Å²) >= 11 is 19.8. The van der Waals surface area contributed by atoms with E-state index >= 15 is 0 Å². The van der Waals surface area contributed by atoms with Gasteiger partial charge >= 0.3 is 36.8 Å². The fourth-order valence-corrected chi connectivity index (χ4v) is 9.22. The molecule has 0 heterocycles. The normalized spacial score (nSPS) is 11.2. The van der Waals surface area contributed by atoms with Gasteiger partial charge in [-0.1, -0.05) is 8.64 Å². The van der Waals surface area contributed by atoms with Gasteiger partial charge in [-0.15, -0.1) is 0 Å². The van der Waals surface area contributed by atoms with Crippen LogP contribution in [0.25, 0.3) is 0 Å². The predicted molar refractivity (Wildman–Crippen MR) is 166 cm³/mol. The number of nitrogens with zero attached hydrogens (tertiary/aromatic N) is 2. The van der Waals surface area contributed by atoms with Gasteiger partial charge in [0.05, 0.1) is 6.23 Å². The molecule has 0 amide bonds. The molecule has 0 unspecified atom stereocenters. The number of methoxy groups -OCH3 is 1. The number of hydrogen-bond donors (Lipinski definition) is 0. The molecule has 0 rings (SSSR count). The molecular formula is C22H48N2O6S4Si2Zn. The Morgan fingerprint density at radius 1 is 0.676 bits per heavy atom. The number of rotatable bonds is 20. The van der Waals surface area contributed by atoms with Crippen molar-refractivity contribution in [3.8, 4) is 0 Å². The largest absolute Gasteiger partial charge is 2.00 e. The van der Waals surface area contributed by atoms with Crippen LogP contribution in [0.4, 0.5) is 0 Å². The molecule has 0 saturated carbocycles. The standard InChI is InChI=1S/2C11H25NO3S2Si.Zn/c1-5-14-18(10-13-4,15-6-2)9-7-8-12(3)11(16)17;1-5-13-18(14-6-2,15-7-3)10-8-9-12(4)11(16)17;/h2*5-10H2,1-4H3,(H,16,17);/q;;+2/p-2. The average Bonchev–Trinajstić information content (AvgIpc) is 2.80. The van der Waals surface area contributed by atoms with Crippen molar-refractivity contribution in [2.75, 3.05) is 73.6 Å². The summed E-state index contributed by atoms with van der Waals surface area (Å²) in [5.74, 6) is 0. The summed E-state index contributed by atoms with van der Waals surface area (Å²) in [6, 6.07) is 1.69. The van der Waals surface area contributed by atoms with E-state index in [0.717, 1.165) is 38.0 Å². The van der Waals surface area contributed by atoms with Gasteiger partial charge in [-0.2, -0.15) is 0 Å². The monoisotopic (exact) mass is 684 g/mol. The third-order valence-corrected chi connectivity index (χ3v) is 12.8. The SMILES string of the molecule is CCO[Si](CCCN(C)C(=S)[S-])(COC)OCC.CCO[Si](CCCN(C)C(=S)[S-])(OCC)OCC.[Zn+2]. The van der Waals surface area contributed by atoms with E-state index in [1.165, 1.54) is 0 Å². The molecule has 0 atom stereocenters. The number of hydrogen-bond acceptors (Lipinski definition) is 10. The van der Waals surface area contributed by atoms with Gasteiger partial charge in [0.1, 0.15) is 0 Å². The number of ether oxygens (including phenoxy) is 1. The first-order valence-electron chi connectivity index (χ1n) is 12.5. The van der Waals surface area contributed by atoms with Gasteiger partial charge < -0.3 is 86.4 Å². The van der Waals surface area contributed by atoms with E-state index in [1.807, 2.05) is 58.5 Å². The second-order valence-corrected chi connectivity index (χ2v) is 15.8. The van der Waals surface area contributed by atoms with Crippen molar-refractivity contribution < 1.29 is 46.3 Å². The van der Waals surface area contributed by atoms with Gasteiger partial charge in [0.15, 0.2) is 0 Å². The Morgan fingerprint density at radius 3 is 1.32 bits per heavy atom. The summed E-state index contributed by atoms with van der Waals surface area (Å²) in [6.45, 7) is 14.7. The van der Waals surface area contributed by atoms with Crippen LogP contribution in [0.3, 0.4) is 0 Å². The topological polar surface area (TPSA) is 61.9 Å². The quantitative estimate of drug-likeness (QED) is 0.106. The fourth-order valence-electron chi connectivity index (χ4n) is 3.39. The Hall–Kier alpha value is 1.04. The van der Waals surface area contributed by atoms with Crippen molar-refractivity contribution in [2.24, 2.45) is 0 Å². The Bertz CT molecular complexity index is 509. The van der Waals surface area contributed by atoms with Crippen LogP contribution in [0.2, 0.25) is 12.1 Å². The minimum Gasteiger partial charge on any atom is -0.411 e. The molecule has 0 bridgehead atoms. The molecule has 8 nitrogen and oxygen atoms in total. The minimum absolute atomic E-state index is 0. The van der Waals surface area contributed by atoms with Crippen LogP contribution in [0, 0.1) is 0 Å². The molecule has 0 fully saturated rings. The van der Waals surface area contributed by atoms with Gasteiger partial charge in [0.25, 0.3) is 0 Å². The Labute approximate surface area is 263 Å². The van der Waals surface area contributed by atoms with Gasteiger partial charge in [-0.25, -0.2) is 0 Å². The van der Waals surface area contributed by atoms with E-state index in [2.05, 4.69) is 0 Å². The maximum atomic E-state index is 5.87. The molecule has 0 aliphatic carbocycles. The second kappa shape index (κ2) is 26.0. The molecule has 0 aliphatic heterocycles. The molecule has 216 valence electrons. The van der Waals surface area contributed by atoms with Crippen molar-refractivity contribution in [1.82, 2.24) is 9.80 Å². The molecule has 0 aromatic carbocycles. The Balaban J connectivity index is -0.000000608. The summed E-state index contributed by atoms with van der Waals surface area (Å²) in [5, 5.41) is 0. The summed E-state index contributed by atoms with van der Waals surface area (Å²) in [7, 11) is 0.777. The number of thiocarbonyl (C=S) groups is 2. The van der Waals surface area contributed by atoms with Gasteiger partial charge in [-0.3, -0.25) is 0 Å². The van der Waals surface area contributed by atoms with E-state index in [4.69, 9.17) is 76.6 Å². The zero-order chi connectivity index (χ0) is 28.0. The smallest absolute Gasteiger partial charge is 0.411 e. The minimum atomic E-state index is -2.50. The van der Waals surface area contributed by atoms with Crippen LogP contribution >= 0.6 is 24.4 Å². The van der Waals surface area contributed by atoms with E-state index in [0.29, 0.717) is 47.9 Å². The molecule has 37 heavy (non-hydrogen) atoms. The van der Waals surface area contributed by atoms with E-state index < -0.39 is 17.4 Å². The summed E-state index contributed by atoms with van der Waals surface area (Å²) < 4.78 is 35.3. The first kappa shape index (κ1) is 42.5. The Kier molecular flexibility index (Phi) is 29.8. The molecule has 0 N–H and O–H groups in total. The van der Waals surface area contributed by atoms with Gasteiger partial charge in [0, 0.05) is 73.4 Å². The van der Waals surface area contributed by atoms with Crippen LogP contribution in [0.5, 0.6) is 0 Å². The third kappa shape index (κ3) is 20.6.